The molecular formula is C16H18N2O4S. The second-order valence-corrected chi connectivity index (χ2v) is 5.88. The lowest BCUT2D eigenvalue weighted by molar-refractivity contribution is -0.118. The fraction of sp³-hybridized carbons (Fsp3) is 0.312. The molecule has 0 bridgehead atoms. The number of hydrogen-bond donors (Lipinski definition) is 2. The van der Waals surface area contributed by atoms with Gasteiger partial charge in [-0.2, -0.15) is 0 Å². The van der Waals surface area contributed by atoms with Crippen molar-refractivity contribution in [2.75, 3.05) is 25.6 Å². The number of anilines is 1. The molecule has 0 aliphatic rings. The fourth-order valence-corrected chi connectivity index (χ4v) is 2.85. The van der Waals surface area contributed by atoms with Gasteiger partial charge < -0.3 is 15.2 Å². The molecule has 2 N–H and O–H groups in total. The van der Waals surface area contributed by atoms with Crippen LogP contribution in [0.1, 0.15) is 27.6 Å². The number of hydrogen-bond acceptors (Lipinski definition) is 6. The summed E-state index contributed by atoms with van der Waals surface area (Å²) < 4.78 is 5.08. The largest absolute Gasteiger partial charge is 0.388 e. The van der Waals surface area contributed by atoms with Crippen LogP contribution in [0.3, 0.4) is 0 Å². The number of ether oxygens (including phenoxy) is 1. The standard InChI is InChI=1S/C16H18N2O4S/c1-22-8-7-12(11-5-3-2-4-6-11)15(21)18-16-17-9-14(23-16)13(20)10-19/h2-6,9,12,19H,7-8,10H2,1H3,(H,17,18,21). The highest BCUT2D eigenvalue weighted by molar-refractivity contribution is 7.17. The lowest BCUT2D eigenvalue weighted by atomic mass is 9.95. The summed E-state index contributed by atoms with van der Waals surface area (Å²) in [5.41, 5.74) is 0.894. The summed E-state index contributed by atoms with van der Waals surface area (Å²) in [5, 5.41) is 11.9. The van der Waals surface area contributed by atoms with Crippen LogP contribution in [0.15, 0.2) is 36.5 Å². The first-order valence-corrected chi connectivity index (χ1v) is 7.92. The Morgan fingerprint density at radius 1 is 1.35 bits per heavy atom. The number of amides is 1. The van der Waals surface area contributed by atoms with Crippen LogP contribution in [-0.2, 0) is 9.53 Å². The van der Waals surface area contributed by atoms with E-state index in [1.54, 1.807) is 7.11 Å². The van der Waals surface area contributed by atoms with Gasteiger partial charge in [0.2, 0.25) is 5.91 Å². The Kier molecular flexibility index (Phi) is 6.40. The van der Waals surface area contributed by atoms with E-state index in [1.165, 1.54) is 6.20 Å². The van der Waals surface area contributed by atoms with Gasteiger partial charge in [-0.05, 0) is 12.0 Å². The summed E-state index contributed by atoms with van der Waals surface area (Å²) >= 11 is 1.05. The number of methoxy groups -OCH3 is 1. The van der Waals surface area contributed by atoms with E-state index in [0.29, 0.717) is 23.0 Å². The number of Topliss-reactive ketones (excluding diaryl/α,β-unsaturated/α-hetero) is 1. The van der Waals surface area contributed by atoms with Crippen LogP contribution in [0.25, 0.3) is 0 Å². The van der Waals surface area contributed by atoms with E-state index in [-0.39, 0.29) is 11.8 Å². The zero-order chi connectivity index (χ0) is 16.7. The molecular weight excluding hydrogens is 316 g/mol. The average molecular weight is 334 g/mol. The van der Waals surface area contributed by atoms with Crippen LogP contribution in [0.5, 0.6) is 0 Å². The van der Waals surface area contributed by atoms with E-state index in [2.05, 4.69) is 10.3 Å². The molecule has 0 fully saturated rings. The van der Waals surface area contributed by atoms with Gasteiger partial charge in [-0.3, -0.25) is 9.59 Å². The molecule has 1 aromatic heterocycles. The minimum absolute atomic E-state index is 0.203. The predicted octanol–water partition coefficient (Wildman–Crippen LogP) is 2.08. The maximum atomic E-state index is 12.5. The van der Waals surface area contributed by atoms with Crippen LogP contribution in [0.4, 0.5) is 5.13 Å². The number of carbonyl (C=O) groups excluding carboxylic acids is 2. The molecule has 0 spiro atoms. The van der Waals surface area contributed by atoms with Crippen LogP contribution in [-0.4, -0.2) is 42.1 Å². The number of ketones is 1. The highest BCUT2D eigenvalue weighted by Crippen LogP contribution is 2.24. The zero-order valence-corrected chi connectivity index (χ0v) is 13.5. The van der Waals surface area contributed by atoms with Crippen molar-refractivity contribution in [2.24, 2.45) is 0 Å². The van der Waals surface area contributed by atoms with Gasteiger partial charge in [-0.25, -0.2) is 4.98 Å². The molecule has 0 aliphatic carbocycles. The topological polar surface area (TPSA) is 88.5 Å². The molecule has 1 amide bonds. The van der Waals surface area contributed by atoms with Gasteiger partial charge in [0.1, 0.15) is 6.61 Å². The minimum atomic E-state index is -0.573. The minimum Gasteiger partial charge on any atom is -0.388 e. The molecule has 0 aliphatic heterocycles. The third kappa shape index (κ3) is 4.69. The van der Waals surface area contributed by atoms with E-state index < -0.39 is 12.4 Å². The van der Waals surface area contributed by atoms with Gasteiger partial charge in [-0.15, -0.1) is 0 Å². The summed E-state index contributed by atoms with van der Waals surface area (Å²) in [6.45, 7) is -0.116. The zero-order valence-electron chi connectivity index (χ0n) is 12.7. The molecule has 2 rings (SSSR count). The first-order valence-electron chi connectivity index (χ1n) is 7.10. The summed E-state index contributed by atoms with van der Waals surface area (Å²) in [6.07, 6.45) is 1.89. The first kappa shape index (κ1) is 17.3. The van der Waals surface area contributed by atoms with Gasteiger partial charge in [0.05, 0.1) is 17.0 Å². The molecule has 122 valence electrons. The Hall–Kier alpha value is -2.09. The maximum absolute atomic E-state index is 12.5. The van der Waals surface area contributed by atoms with E-state index in [9.17, 15) is 9.59 Å². The number of rotatable bonds is 8. The van der Waals surface area contributed by atoms with Crippen LogP contribution < -0.4 is 5.32 Å². The number of aromatic nitrogens is 1. The summed E-state index contributed by atoms with van der Waals surface area (Å²) in [7, 11) is 1.59. The number of nitrogens with one attached hydrogen (secondary N) is 1. The number of nitrogens with zero attached hydrogens (tertiary/aromatic N) is 1. The second kappa shape index (κ2) is 8.52. The van der Waals surface area contributed by atoms with E-state index in [0.717, 1.165) is 16.9 Å². The molecule has 2 aromatic rings. The van der Waals surface area contributed by atoms with E-state index in [4.69, 9.17) is 9.84 Å². The van der Waals surface area contributed by atoms with Crippen molar-refractivity contribution in [3.05, 3.63) is 47.0 Å². The average Bonchev–Trinajstić information content (AvgIpc) is 3.04. The summed E-state index contributed by atoms with van der Waals surface area (Å²) in [4.78, 5) is 28.3. The van der Waals surface area contributed by atoms with Crippen LogP contribution >= 0.6 is 11.3 Å². The molecule has 0 saturated carbocycles. The van der Waals surface area contributed by atoms with Crippen molar-refractivity contribution in [3.8, 4) is 0 Å². The summed E-state index contributed by atoms with van der Waals surface area (Å²) in [6, 6.07) is 9.43. The smallest absolute Gasteiger partial charge is 0.233 e. The third-order valence-electron chi connectivity index (χ3n) is 3.28. The third-order valence-corrected chi connectivity index (χ3v) is 4.24. The Bertz CT molecular complexity index is 657. The lowest BCUT2D eigenvalue weighted by Crippen LogP contribution is -2.22. The van der Waals surface area contributed by atoms with Gasteiger partial charge >= 0.3 is 0 Å². The van der Waals surface area contributed by atoms with Crippen LogP contribution in [0.2, 0.25) is 0 Å². The molecule has 23 heavy (non-hydrogen) atoms. The quantitative estimate of drug-likeness (QED) is 0.722. The highest BCUT2D eigenvalue weighted by atomic mass is 32.1. The molecule has 7 heteroatoms. The van der Waals surface area contributed by atoms with Gasteiger partial charge in [-0.1, -0.05) is 41.7 Å². The molecule has 1 unspecified atom stereocenters. The van der Waals surface area contributed by atoms with E-state index >= 15 is 0 Å². The Morgan fingerprint density at radius 2 is 2.09 bits per heavy atom. The van der Waals surface area contributed by atoms with Gasteiger partial charge in [0, 0.05) is 13.7 Å². The Morgan fingerprint density at radius 3 is 2.74 bits per heavy atom. The van der Waals surface area contributed by atoms with Crippen molar-refractivity contribution >= 4 is 28.2 Å². The van der Waals surface area contributed by atoms with Crippen molar-refractivity contribution < 1.29 is 19.4 Å². The monoisotopic (exact) mass is 334 g/mol. The molecule has 0 saturated heterocycles. The highest BCUT2D eigenvalue weighted by Gasteiger charge is 2.21. The molecule has 1 heterocycles. The lowest BCUT2D eigenvalue weighted by Gasteiger charge is -2.15. The number of thiazole rings is 1. The maximum Gasteiger partial charge on any atom is 0.233 e. The Labute approximate surface area is 138 Å². The fourth-order valence-electron chi connectivity index (χ4n) is 2.10. The number of benzene rings is 1. The van der Waals surface area contributed by atoms with Crippen molar-refractivity contribution in [1.29, 1.82) is 0 Å². The summed E-state index contributed by atoms with van der Waals surface area (Å²) in [5.74, 6) is -0.982. The van der Waals surface area contributed by atoms with Gasteiger partial charge in [0.15, 0.2) is 10.9 Å². The normalized spacial score (nSPS) is 11.9. The van der Waals surface area contributed by atoms with Crippen molar-refractivity contribution in [1.82, 2.24) is 4.98 Å². The number of aliphatic hydroxyl groups is 1. The number of carbonyl (C=O) groups is 2. The van der Waals surface area contributed by atoms with Crippen LogP contribution in [0, 0.1) is 0 Å². The molecule has 1 atom stereocenters. The SMILES string of the molecule is COCCC(C(=O)Nc1ncc(C(=O)CO)s1)c1ccccc1. The predicted molar refractivity (Wildman–Crippen MR) is 87.8 cm³/mol. The molecule has 6 nitrogen and oxygen atoms in total. The first-order chi connectivity index (χ1) is 11.2. The molecule has 1 aromatic carbocycles. The van der Waals surface area contributed by atoms with Gasteiger partial charge in [0.25, 0.3) is 0 Å². The number of aliphatic hydroxyl groups excluding tert-OH is 1. The van der Waals surface area contributed by atoms with E-state index in [1.807, 2.05) is 30.3 Å². The second-order valence-electron chi connectivity index (χ2n) is 4.84. The molecule has 0 radical (unpaired) electrons. The van der Waals surface area contributed by atoms with Crippen molar-refractivity contribution in [2.45, 2.75) is 12.3 Å². The van der Waals surface area contributed by atoms with Crippen molar-refractivity contribution in [3.63, 3.8) is 0 Å². The Balaban J connectivity index is 2.11.